The van der Waals surface area contributed by atoms with Crippen LogP contribution in [0.15, 0.2) is 33.5 Å². The molecule has 0 aliphatic heterocycles. The number of furan rings is 1. The Hall–Kier alpha value is -2.94. The number of carbonyl (C=O) groups is 2. The molecule has 25 heavy (non-hydrogen) atoms. The van der Waals surface area contributed by atoms with E-state index in [2.05, 4.69) is 20.6 Å². The number of fused-ring (bicyclic) bond motifs is 1. The normalized spacial score (nSPS) is 13.3. The van der Waals surface area contributed by atoms with Gasteiger partial charge in [-0.25, -0.2) is 4.98 Å². The summed E-state index contributed by atoms with van der Waals surface area (Å²) in [5.41, 5.74) is 1.13. The number of nitrogens with one attached hydrogen (secondary N) is 2. The third kappa shape index (κ3) is 3.31. The van der Waals surface area contributed by atoms with Crippen LogP contribution in [0.4, 0.5) is 11.1 Å². The van der Waals surface area contributed by atoms with Crippen LogP contribution < -0.4 is 10.6 Å². The number of nitrogens with zero attached hydrogens (tertiary/aromatic N) is 2. The highest BCUT2D eigenvalue weighted by molar-refractivity contribution is 7.15. The summed E-state index contributed by atoms with van der Waals surface area (Å²) in [5, 5.41) is 5.70. The monoisotopic (exact) mass is 358 g/mol. The number of oxazole rings is 1. The van der Waals surface area contributed by atoms with Gasteiger partial charge >= 0.3 is 6.01 Å². The second kappa shape index (κ2) is 6.52. The van der Waals surface area contributed by atoms with Crippen molar-refractivity contribution in [1.82, 2.24) is 9.97 Å². The maximum atomic E-state index is 12.3. The number of thiazole rings is 1. The van der Waals surface area contributed by atoms with Crippen molar-refractivity contribution in [2.24, 2.45) is 0 Å². The second-order valence-electron chi connectivity index (χ2n) is 5.52. The van der Waals surface area contributed by atoms with E-state index in [0.717, 1.165) is 31.4 Å². The maximum absolute atomic E-state index is 12.3. The van der Waals surface area contributed by atoms with Crippen LogP contribution in [0.1, 0.15) is 44.5 Å². The minimum Gasteiger partial charge on any atom is -0.459 e. The van der Waals surface area contributed by atoms with E-state index in [4.69, 9.17) is 8.83 Å². The van der Waals surface area contributed by atoms with Gasteiger partial charge < -0.3 is 8.83 Å². The average molecular weight is 358 g/mol. The molecule has 1 aliphatic carbocycles. The number of aryl methyl sites for hydroxylation is 2. The summed E-state index contributed by atoms with van der Waals surface area (Å²) >= 11 is 1.49. The van der Waals surface area contributed by atoms with Gasteiger partial charge in [0.05, 0.1) is 12.0 Å². The molecule has 0 atom stereocenters. The zero-order valence-electron chi connectivity index (χ0n) is 13.1. The van der Waals surface area contributed by atoms with Gasteiger partial charge in [0.2, 0.25) is 0 Å². The molecule has 0 aromatic carbocycles. The number of carbonyl (C=O) groups excluding carboxylic acids is 2. The number of anilines is 2. The molecular formula is C16H14N4O4S. The van der Waals surface area contributed by atoms with Gasteiger partial charge in [-0.05, 0) is 37.8 Å². The summed E-state index contributed by atoms with van der Waals surface area (Å²) in [5.74, 6) is -0.822. The van der Waals surface area contributed by atoms with E-state index in [1.165, 1.54) is 34.8 Å². The van der Waals surface area contributed by atoms with Gasteiger partial charge in [0.25, 0.3) is 11.8 Å². The lowest BCUT2D eigenvalue weighted by molar-refractivity contribution is 0.0990. The molecule has 128 valence electrons. The first kappa shape index (κ1) is 15.6. The standard InChI is InChI=1S/C16H14N4O4S/c21-13(20-16-18-9-4-1-2-6-12(9)25-16)10-8-24-15(17-10)19-14(22)11-5-3-7-23-11/h3,5,7-8H,1-2,4,6H2,(H,17,19,22)(H,18,20,21). The van der Waals surface area contributed by atoms with Crippen LogP contribution in [0.25, 0.3) is 0 Å². The van der Waals surface area contributed by atoms with E-state index in [0.29, 0.717) is 5.13 Å². The van der Waals surface area contributed by atoms with Crippen molar-refractivity contribution < 1.29 is 18.4 Å². The zero-order valence-corrected chi connectivity index (χ0v) is 13.9. The molecule has 0 saturated heterocycles. The average Bonchev–Trinajstić information content (AvgIpc) is 3.34. The molecule has 0 spiro atoms. The van der Waals surface area contributed by atoms with Gasteiger partial charge in [-0.1, -0.05) is 0 Å². The molecule has 4 rings (SSSR count). The van der Waals surface area contributed by atoms with E-state index < -0.39 is 11.8 Å². The van der Waals surface area contributed by atoms with Crippen molar-refractivity contribution >= 4 is 34.3 Å². The lowest BCUT2D eigenvalue weighted by Gasteiger charge is -2.06. The van der Waals surface area contributed by atoms with E-state index in [1.807, 2.05) is 0 Å². The Bertz CT molecular complexity index is 889. The van der Waals surface area contributed by atoms with E-state index in [9.17, 15) is 9.59 Å². The van der Waals surface area contributed by atoms with Gasteiger partial charge in [0.1, 0.15) is 6.26 Å². The highest BCUT2D eigenvalue weighted by Crippen LogP contribution is 2.29. The fourth-order valence-corrected chi connectivity index (χ4v) is 3.61. The van der Waals surface area contributed by atoms with Crippen molar-refractivity contribution in [2.75, 3.05) is 10.6 Å². The van der Waals surface area contributed by atoms with E-state index in [1.54, 1.807) is 6.07 Å². The summed E-state index contributed by atoms with van der Waals surface area (Å²) < 4.78 is 10.1. The van der Waals surface area contributed by atoms with Crippen LogP contribution in [0.3, 0.4) is 0 Å². The SMILES string of the molecule is O=C(Nc1nc2c(s1)CCCC2)c1coc(NC(=O)c2ccco2)n1. The Morgan fingerprint density at radius 3 is 2.76 bits per heavy atom. The summed E-state index contributed by atoms with van der Waals surface area (Å²) in [4.78, 5) is 33.7. The summed E-state index contributed by atoms with van der Waals surface area (Å²) in [6, 6.07) is 3.03. The van der Waals surface area contributed by atoms with Gasteiger partial charge in [0, 0.05) is 4.88 Å². The fraction of sp³-hybridized carbons (Fsp3) is 0.250. The quantitative estimate of drug-likeness (QED) is 0.741. The van der Waals surface area contributed by atoms with Gasteiger partial charge in [-0.2, -0.15) is 4.98 Å². The molecule has 0 saturated carbocycles. The van der Waals surface area contributed by atoms with Crippen LogP contribution in [-0.2, 0) is 12.8 Å². The lowest BCUT2D eigenvalue weighted by Crippen LogP contribution is -2.14. The second-order valence-corrected chi connectivity index (χ2v) is 6.60. The molecule has 2 N–H and O–H groups in total. The molecule has 0 unspecified atom stereocenters. The number of hydrogen-bond donors (Lipinski definition) is 2. The number of hydrogen-bond acceptors (Lipinski definition) is 7. The van der Waals surface area contributed by atoms with Gasteiger partial charge in [0.15, 0.2) is 16.6 Å². The predicted molar refractivity (Wildman–Crippen MR) is 89.9 cm³/mol. The summed E-state index contributed by atoms with van der Waals surface area (Å²) in [6.07, 6.45) is 6.82. The highest BCUT2D eigenvalue weighted by atomic mass is 32.1. The first-order valence-electron chi connectivity index (χ1n) is 7.79. The van der Waals surface area contributed by atoms with Crippen LogP contribution in [0.5, 0.6) is 0 Å². The van der Waals surface area contributed by atoms with Crippen molar-refractivity contribution in [3.05, 3.63) is 46.7 Å². The van der Waals surface area contributed by atoms with Gasteiger partial charge in [-0.15, -0.1) is 11.3 Å². The minimum atomic E-state index is -0.508. The Morgan fingerprint density at radius 1 is 1.08 bits per heavy atom. The molecular weight excluding hydrogens is 344 g/mol. The fourth-order valence-electron chi connectivity index (χ4n) is 2.57. The Labute approximate surface area is 146 Å². The zero-order chi connectivity index (χ0) is 17.2. The number of rotatable bonds is 4. The molecule has 0 radical (unpaired) electrons. The Morgan fingerprint density at radius 2 is 1.96 bits per heavy atom. The van der Waals surface area contributed by atoms with Crippen LogP contribution >= 0.6 is 11.3 Å². The highest BCUT2D eigenvalue weighted by Gasteiger charge is 2.19. The van der Waals surface area contributed by atoms with Gasteiger partial charge in [-0.3, -0.25) is 20.2 Å². The van der Waals surface area contributed by atoms with Crippen molar-refractivity contribution in [3.63, 3.8) is 0 Å². The molecule has 9 heteroatoms. The first-order valence-corrected chi connectivity index (χ1v) is 8.61. The smallest absolute Gasteiger partial charge is 0.302 e. The predicted octanol–water partition coefficient (Wildman–Crippen LogP) is 3.11. The third-order valence-electron chi connectivity index (χ3n) is 3.77. The Kier molecular flexibility index (Phi) is 4.06. The van der Waals surface area contributed by atoms with Crippen LogP contribution in [-0.4, -0.2) is 21.8 Å². The van der Waals surface area contributed by atoms with E-state index >= 15 is 0 Å². The molecule has 3 aromatic rings. The summed E-state index contributed by atoms with van der Waals surface area (Å²) in [7, 11) is 0. The first-order chi connectivity index (χ1) is 12.2. The van der Waals surface area contributed by atoms with Crippen LogP contribution in [0, 0.1) is 0 Å². The topological polar surface area (TPSA) is 110 Å². The van der Waals surface area contributed by atoms with Crippen molar-refractivity contribution in [2.45, 2.75) is 25.7 Å². The maximum Gasteiger partial charge on any atom is 0.302 e. The lowest BCUT2D eigenvalue weighted by atomic mass is 10.0. The van der Waals surface area contributed by atoms with Crippen molar-refractivity contribution in [1.29, 1.82) is 0 Å². The van der Waals surface area contributed by atoms with Crippen molar-refractivity contribution in [3.8, 4) is 0 Å². The Balaban J connectivity index is 1.42. The molecule has 3 aromatic heterocycles. The molecule has 1 aliphatic rings. The molecule has 2 amide bonds. The largest absolute Gasteiger partial charge is 0.459 e. The summed E-state index contributed by atoms with van der Waals surface area (Å²) in [6.45, 7) is 0. The number of aromatic nitrogens is 2. The minimum absolute atomic E-state index is 0.0583. The molecule has 3 heterocycles. The molecule has 0 fully saturated rings. The van der Waals surface area contributed by atoms with Crippen LogP contribution in [0.2, 0.25) is 0 Å². The molecule has 0 bridgehead atoms. The number of amides is 2. The molecule has 8 nitrogen and oxygen atoms in total. The third-order valence-corrected chi connectivity index (χ3v) is 4.84. The van der Waals surface area contributed by atoms with E-state index in [-0.39, 0.29) is 17.5 Å².